The lowest BCUT2D eigenvalue weighted by molar-refractivity contribution is 0.168. The van der Waals surface area contributed by atoms with Gasteiger partial charge in [-0.2, -0.15) is 0 Å². The predicted molar refractivity (Wildman–Crippen MR) is 80.9 cm³/mol. The van der Waals surface area contributed by atoms with Crippen molar-refractivity contribution >= 4 is 0 Å². The molecular weight excluding hydrogens is 220 g/mol. The van der Waals surface area contributed by atoms with Crippen molar-refractivity contribution in [2.45, 2.75) is 90.1 Å². The first kappa shape index (κ1) is 16.0. The van der Waals surface area contributed by atoms with Gasteiger partial charge in [0.2, 0.25) is 0 Å². The Morgan fingerprint density at radius 1 is 0.778 bits per heavy atom. The zero-order chi connectivity index (χ0) is 13.2. The Labute approximate surface area is 114 Å². The molecule has 0 spiro atoms. The molecular formula is C16H34N2. The summed E-state index contributed by atoms with van der Waals surface area (Å²) in [5.41, 5.74) is 6.47. The molecule has 0 aliphatic heterocycles. The van der Waals surface area contributed by atoms with E-state index in [9.17, 15) is 0 Å². The van der Waals surface area contributed by atoms with Crippen molar-refractivity contribution in [1.82, 2.24) is 4.90 Å². The van der Waals surface area contributed by atoms with Gasteiger partial charge in [-0.05, 0) is 25.9 Å². The molecule has 0 aromatic rings. The molecule has 1 aliphatic rings. The van der Waals surface area contributed by atoms with Gasteiger partial charge in [0.05, 0.1) is 0 Å². The van der Waals surface area contributed by atoms with E-state index in [0.717, 1.165) is 13.1 Å². The number of hydrogen-bond acceptors (Lipinski definition) is 2. The van der Waals surface area contributed by atoms with Crippen molar-refractivity contribution in [2.75, 3.05) is 13.1 Å². The molecule has 0 aromatic carbocycles. The van der Waals surface area contributed by atoms with Gasteiger partial charge in [-0.15, -0.1) is 0 Å². The van der Waals surface area contributed by atoms with Crippen LogP contribution in [0.25, 0.3) is 0 Å². The minimum absolute atomic E-state index is 0.393. The van der Waals surface area contributed by atoms with Crippen LogP contribution in [0.4, 0.5) is 0 Å². The Morgan fingerprint density at radius 2 is 1.22 bits per heavy atom. The molecule has 2 heteroatoms. The molecule has 2 nitrogen and oxygen atoms in total. The van der Waals surface area contributed by atoms with Crippen LogP contribution in [0.5, 0.6) is 0 Å². The zero-order valence-corrected chi connectivity index (χ0v) is 12.7. The van der Waals surface area contributed by atoms with Crippen molar-refractivity contribution in [3.05, 3.63) is 0 Å². The Kier molecular flexibility index (Phi) is 8.70. The lowest BCUT2D eigenvalue weighted by atomic mass is 9.93. The second-order valence-corrected chi connectivity index (χ2v) is 5.86. The summed E-state index contributed by atoms with van der Waals surface area (Å²) < 4.78 is 0. The number of hydrogen-bond donors (Lipinski definition) is 1. The molecule has 2 N–H and O–H groups in total. The molecule has 2 unspecified atom stereocenters. The molecule has 1 aliphatic carbocycles. The minimum atomic E-state index is 0.393. The van der Waals surface area contributed by atoms with Gasteiger partial charge in [-0.25, -0.2) is 0 Å². The minimum Gasteiger partial charge on any atom is -0.326 e. The average molecular weight is 254 g/mol. The fourth-order valence-corrected chi connectivity index (χ4v) is 3.35. The smallest absolute Gasteiger partial charge is 0.0246 e. The van der Waals surface area contributed by atoms with Gasteiger partial charge in [-0.1, -0.05) is 65.2 Å². The average Bonchev–Trinajstić information content (AvgIpc) is 2.37. The van der Waals surface area contributed by atoms with Crippen molar-refractivity contribution in [1.29, 1.82) is 0 Å². The largest absolute Gasteiger partial charge is 0.326 e. The molecule has 0 amide bonds. The van der Waals surface area contributed by atoms with Gasteiger partial charge in [0, 0.05) is 12.1 Å². The second kappa shape index (κ2) is 9.80. The molecule has 0 bridgehead atoms. The third-order valence-electron chi connectivity index (χ3n) is 4.56. The first-order valence-electron chi connectivity index (χ1n) is 8.29. The Bertz CT molecular complexity index is 190. The van der Waals surface area contributed by atoms with Gasteiger partial charge >= 0.3 is 0 Å². The number of likely N-dealkylation sites (N-methyl/N-ethyl adjacent to an activating group) is 1. The van der Waals surface area contributed by atoms with Crippen LogP contribution in [-0.4, -0.2) is 30.1 Å². The van der Waals surface area contributed by atoms with Crippen LogP contribution >= 0.6 is 0 Å². The topological polar surface area (TPSA) is 29.3 Å². The van der Waals surface area contributed by atoms with Crippen LogP contribution in [0.15, 0.2) is 0 Å². The highest BCUT2D eigenvalue weighted by Crippen LogP contribution is 2.19. The molecule has 18 heavy (non-hydrogen) atoms. The van der Waals surface area contributed by atoms with E-state index in [1.165, 1.54) is 64.2 Å². The second-order valence-electron chi connectivity index (χ2n) is 5.86. The van der Waals surface area contributed by atoms with Crippen molar-refractivity contribution in [2.24, 2.45) is 5.73 Å². The summed E-state index contributed by atoms with van der Waals surface area (Å²) in [5.74, 6) is 0. The molecule has 0 radical (unpaired) electrons. The monoisotopic (exact) mass is 254 g/mol. The molecule has 2 atom stereocenters. The predicted octanol–water partition coefficient (Wildman–Crippen LogP) is 3.94. The van der Waals surface area contributed by atoms with Crippen LogP contribution in [0.3, 0.4) is 0 Å². The summed E-state index contributed by atoms with van der Waals surface area (Å²) in [6.45, 7) is 6.84. The van der Waals surface area contributed by atoms with Crippen molar-refractivity contribution in [3.63, 3.8) is 0 Å². The summed E-state index contributed by atoms with van der Waals surface area (Å²) in [6.07, 6.45) is 13.8. The van der Waals surface area contributed by atoms with Gasteiger partial charge < -0.3 is 5.73 Å². The lowest BCUT2D eigenvalue weighted by Gasteiger charge is -2.34. The van der Waals surface area contributed by atoms with E-state index in [-0.39, 0.29) is 0 Å². The highest BCUT2D eigenvalue weighted by molar-refractivity contribution is 4.81. The van der Waals surface area contributed by atoms with E-state index in [2.05, 4.69) is 18.7 Å². The normalized spacial score (nSPS) is 28.7. The summed E-state index contributed by atoms with van der Waals surface area (Å²) in [5, 5.41) is 0. The third kappa shape index (κ3) is 5.71. The Hall–Kier alpha value is -0.0800. The van der Waals surface area contributed by atoms with E-state index >= 15 is 0 Å². The van der Waals surface area contributed by atoms with Crippen LogP contribution in [-0.2, 0) is 0 Å². The fraction of sp³-hybridized carbons (Fsp3) is 1.00. The highest BCUT2D eigenvalue weighted by Gasteiger charge is 2.22. The molecule has 108 valence electrons. The fourth-order valence-electron chi connectivity index (χ4n) is 3.35. The maximum absolute atomic E-state index is 6.47. The summed E-state index contributed by atoms with van der Waals surface area (Å²) in [7, 11) is 0. The van der Waals surface area contributed by atoms with Crippen molar-refractivity contribution < 1.29 is 0 Å². The van der Waals surface area contributed by atoms with Crippen LogP contribution < -0.4 is 5.73 Å². The first-order chi connectivity index (χ1) is 8.79. The number of nitrogens with two attached hydrogens (primary N) is 1. The number of nitrogens with zero attached hydrogens (tertiary/aromatic N) is 1. The van der Waals surface area contributed by atoms with Crippen molar-refractivity contribution in [3.8, 4) is 0 Å². The summed E-state index contributed by atoms with van der Waals surface area (Å²) in [4.78, 5) is 2.58. The van der Waals surface area contributed by atoms with E-state index < -0.39 is 0 Å². The maximum Gasteiger partial charge on any atom is 0.0246 e. The molecule has 1 saturated carbocycles. The number of rotatable bonds is 3. The third-order valence-corrected chi connectivity index (χ3v) is 4.56. The van der Waals surface area contributed by atoms with E-state index in [0.29, 0.717) is 12.1 Å². The van der Waals surface area contributed by atoms with Crippen LogP contribution in [0, 0.1) is 0 Å². The van der Waals surface area contributed by atoms with Gasteiger partial charge in [0.15, 0.2) is 0 Å². The summed E-state index contributed by atoms with van der Waals surface area (Å²) >= 11 is 0. The lowest BCUT2D eigenvalue weighted by Crippen LogP contribution is -2.47. The molecule has 0 heterocycles. The standard InChI is InChI=1S/C16H34N2/c1-3-18(4-2)16-14-12-10-8-6-5-7-9-11-13-15(16)17/h15-16H,3-14,17H2,1-2H3. The zero-order valence-electron chi connectivity index (χ0n) is 12.7. The first-order valence-corrected chi connectivity index (χ1v) is 8.29. The molecule has 1 rings (SSSR count). The maximum atomic E-state index is 6.47. The van der Waals surface area contributed by atoms with E-state index in [1.54, 1.807) is 0 Å². The molecule has 0 saturated heterocycles. The van der Waals surface area contributed by atoms with Crippen LogP contribution in [0.1, 0.15) is 78.1 Å². The van der Waals surface area contributed by atoms with Gasteiger partial charge in [0.25, 0.3) is 0 Å². The quantitative estimate of drug-likeness (QED) is 0.826. The Morgan fingerprint density at radius 3 is 1.72 bits per heavy atom. The van der Waals surface area contributed by atoms with Gasteiger partial charge in [0.1, 0.15) is 0 Å². The SMILES string of the molecule is CCN(CC)C1CCCCCCCCCCC1N. The Balaban J connectivity index is 2.51. The van der Waals surface area contributed by atoms with E-state index in [1.807, 2.05) is 0 Å². The van der Waals surface area contributed by atoms with Crippen LogP contribution in [0.2, 0.25) is 0 Å². The molecule has 0 aromatic heterocycles. The highest BCUT2D eigenvalue weighted by atomic mass is 15.2. The van der Waals surface area contributed by atoms with Gasteiger partial charge in [-0.3, -0.25) is 4.90 Å². The summed E-state index contributed by atoms with van der Waals surface area (Å²) in [6, 6.07) is 1.02. The van der Waals surface area contributed by atoms with E-state index in [4.69, 9.17) is 5.73 Å². The molecule has 1 fully saturated rings.